The van der Waals surface area contributed by atoms with Gasteiger partial charge in [0.2, 0.25) is 0 Å². The van der Waals surface area contributed by atoms with E-state index in [2.05, 4.69) is 6.58 Å². The van der Waals surface area contributed by atoms with Crippen LogP contribution in [0, 0.1) is 5.41 Å². The summed E-state index contributed by atoms with van der Waals surface area (Å²) in [5.41, 5.74) is -0.0211. The molecular formula is C16H27NO4. The van der Waals surface area contributed by atoms with E-state index < -0.39 is 23.7 Å². The molecule has 21 heavy (non-hydrogen) atoms. The lowest BCUT2D eigenvalue weighted by Gasteiger charge is -2.35. The van der Waals surface area contributed by atoms with Crippen LogP contribution < -0.4 is 0 Å². The van der Waals surface area contributed by atoms with Crippen LogP contribution in [-0.2, 0) is 9.53 Å². The second kappa shape index (κ2) is 5.70. The van der Waals surface area contributed by atoms with Crippen molar-refractivity contribution in [2.45, 2.75) is 72.1 Å². The lowest BCUT2D eigenvalue weighted by Crippen LogP contribution is -2.48. The zero-order chi connectivity index (χ0) is 16.6. The molecular weight excluding hydrogens is 270 g/mol. The molecule has 120 valence electrons. The van der Waals surface area contributed by atoms with Crippen molar-refractivity contribution in [1.29, 1.82) is 0 Å². The van der Waals surface area contributed by atoms with E-state index in [0.29, 0.717) is 12.8 Å². The average molecular weight is 297 g/mol. The molecule has 1 heterocycles. The van der Waals surface area contributed by atoms with Gasteiger partial charge in [-0.25, -0.2) is 9.59 Å². The van der Waals surface area contributed by atoms with Crippen molar-refractivity contribution in [3.63, 3.8) is 0 Å². The van der Waals surface area contributed by atoms with Crippen molar-refractivity contribution in [1.82, 2.24) is 4.90 Å². The highest BCUT2D eigenvalue weighted by Crippen LogP contribution is 2.43. The fourth-order valence-corrected chi connectivity index (χ4v) is 2.81. The first-order chi connectivity index (χ1) is 9.35. The summed E-state index contributed by atoms with van der Waals surface area (Å²) in [6.45, 7) is 15.1. The van der Waals surface area contributed by atoms with Gasteiger partial charge in [0.05, 0.1) is 0 Å². The number of amides is 1. The number of rotatable bonds is 3. The van der Waals surface area contributed by atoms with Gasteiger partial charge in [0.15, 0.2) is 0 Å². The van der Waals surface area contributed by atoms with E-state index in [4.69, 9.17) is 4.74 Å². The van der Waals surface area contributed by atoms with Gasteiger partial charge in [-0.15, -0.1) is 6.58 Å². The minimum atomic E-state index is -0.988. The molecule has 0 aliphatic carbocycles. The predicted octanol–water partition coefficient (Wildman–Crippen LogP) is 3.44. The Morgan fingerprint density at radius 2 is 1.90 bits per heavy atom. The first-order valence-electron chi connectivity index (χ1n) is 7.23. The number of aliphatic carboxylic acids is 1. The van der Waals surface area contributed by atoms with Crippen LogP contribution in [0.5, 0.6) is 0 Å². The highest BCUT2D eigenvalue weighted by Gasteiger charge is 2.52. The van der Waals surface area contributed by atoms with Gasteiger partial charge in [-0.05, 0) is 46.0 Å². The fourth-order valence-electron chi connectivity index (χ4n) is 2.81. The number of nitrogens with zero attached hydrogens (tertiary/aromatic N) is 1. The third kappa shape index (κ3) is 4.22. The van der Waals surface area contributed by atoms with Gasteiger partial charge < -0.3 is 9.84 Å². The number of carboxylic acid groups (broad SMARTS) is 1. The molecule has 0 spiro atoms. The molecule has 1 unspecified atom stereocenters. The quantitative estimate of drug-likeness (QED) is 0.810. The van der Waals surface area contributed by atoms with Crippen molar-refractivity contribution >= 4 is 12.1 Å². The van der Waals surface area contributed by atoms with Crippen LogP contribution in [-0.4, -0.2) is 39.8 Å². The van der Waals surface area contributed by atoms with Crippen molar-refractivity contribution < 1.29 is 19.4 Å². The maximum Gasteiger partial charge on any atom is 0.411 e. The first kappa shape index (κ1) is 17.5. The van der Waals surface area contributed by atoms with Crippen LogP contribution in [0.1, 0.15) is 54.4 Å². The number of carbonyl (C=O) groups is 2. The Labute approximate surface area is 127 Å². The van der Waals surface area contributed by atoms with Gasteiger partial charge >= 0.3 is 12.1 Å². The normalized spacial score (nSPS) is 24.8. The maximum atomic E-state index is 12.5. The average Bonchev–Trinajstić information content (AvgIpc) is 2.48. The van der Waals surface area contributed by atoms with Gasteiger partial charge in [-0.2, -0.15) is 0 Å². The number of likely N-dealkylation sites (tertiary alicyclic amines) is 1. The third-order valence-electron chi connectivity index (χ3n) is 3.72. The lowest BCUT2D eigenvalue weighted by molar-refractivity contribution is -0.142. The van der Waals surface area contributed by atoms with Gasteiger partial charge in [-0.3, -0.25) is 4.90 Å². The van der Waals surface area contributed by atoms with Gasteiger partial charge in [0.1, 0.15) is 11.6 Å². The maximum absolute atomic E-state index is 12.5. The monoisotopic (exact) mass is 297 g/mol. The molecule has 0 saturated carbocycles. The molecule has 1 amide bonds. The molecule has 1 N–H and O–H groups in total. The summed E-state index contributed by atoms with van der Waals surface area (Å²) < 4.78 is 5.40. The van der Waals surface area contributed by atoms with Gasteiger partial charge in [-0.1, -0.05) is 19.4 Å². The first-order valence-corrected chi connectivity index (χ1v) is 7.23. The number of hydrogen-bond donors (Lipinski definition) is 1. The SMILES string of the molecule is C=C(C)CC1N(C(=O)OC(C)(C)C)[C@H](C(=O)O)CC1(C)C. The highest BCUT2D eigenvalue weighted by molar-refractivity contribution is 5.81. The summed E-state index contributed by atoms with van der Waals surface area (Å²) in [6, 6.07) is -1.06. The van der Waals surface area contributed by atoms with E-state index >= 15 is 0 Å². The van der Waals surface area contributed by atoms with E-state index in [1.165, 1.54) is 4.90 Å². The highest BCUT2D eigenvalue weighted by atomic mass is 16.6. The fraction of sp³-hybridized carbons (Fsp3) is 0.750. The van der Waals surface area contributed by atoms with Gasteiger partial charge in [0, 0.05) is 6.04 Å². The zero-order valence-electron chi connectivity index (χ0n) is 13.9. The minimum Gasteiger partial charge on any atom is -0.480 e. The van der Waals surface area contributed by atoms with Crippen LogP contribution in [0.4, 0.5) is 4.79 Å². The molecule has 1 aliphatic heterocycles. The van der Waals surface area contributed by atoms with Crippen molar-refractivity contribution in [3.05, 3.63) is 12.2 Å². The number of carbonyl (C=O) groups excluding carboxylic acids is 1. The van der Waals surface area contributed by atoms with E-state index in [0.717, 1.165) is 5.57 Å². The van der Waals surface area contributed by atoms with Crippen molar-refractivity contribution in [2.24, 2.45) is 5.41 Å². The Hall–Kier alpha value is -1.52. The Morgan fingerprint density at radius 3 is 2.29 bits per heavy atom. The molecule has 0 bridgehead atoms. The molecule has 1 rings (SSSR count). The predicted molar refractivity (Wildman–Crippen MR) is 81.1 cm³/mol. The van der Waals surface area contributed by atoms with Crippen molar-refractivity contribution in [3.8, 4) is 0 Å². The molecule has 1 aliphatic rings. The summed E-state index contributed by atoms with van der Waals surface area (Å²) in [5, 5.41) is 9.44. The second-order valence-corrected chi connectivity index (χ2v) is 7.61. The van der Waals surface area contributed by atoms with E-state index in [9.17, 15) is 14.7 Å². The van der Waals surface area contributed by atoms with E-state index in [1.807, 2.05) is 20.8 Å². The molecule has 0 aromatic rings. The Balaban J connectivity index is 3.14. The molecule has 1 fully saturated rings. The molecule has 1 saturated heterocycles. The molecule has 0 aromatic heterocycles. The standard InChI is InChI=1S/C16H27NO4/c1-10(2)8-12-16(6,7)9-11(13(18)19)17(12)14(20)21-15(3,4)5/h11-12H,1,8-9H2,2-7H3,(H,18,19)/t11-,12?/m0/s1. The van der Waals surface area contributed by atoms with Crippen LogP contribution in [0.25, 0.3) is 0 Å². The summed E-state index contributed by atoms with van der Waals surface area (Å²) in [7, 11) is 0. The summed E-state index contributed by atoms with van der Waals surface area (Å²) in [5.74, 6) is -0.988. The van der Waals surface area contributed by atoms with Crippen LogP contribution in [0.15, 0.2) is 12.2 Å². The number of carboxylic acids is 1. The molecule has 5 nitrogen and oxygen atoms in total. The molecule has 2 atom stereocenters. The minimum absolute atomic E-state index is 0.217. The largest absolute Gasteiger partial charge is 0.480 e. The smallest absolute Gasteiger partial charge is 0.411 e. The lowest BCUT2D eigenvalue weighted by atomic mass is 9.81. The Morgan fingerprint density at radius 1 is 1.38 bits per heavy atom. The summed E-state index contributed by atoms with van der Waals surface area (Å²) in [6.07, 6.45) is 0.432. The van der Waals surface area contributed by atoms with Gasteiger partial charge in [0.25, 0.3) is 0 Å². The Bertz CT molecular complexity index is 448. The van der Waals surface area contributed by atoms with E-state index in [1.54, 1.807) is 20.8 Å². The topological polar surface area (TPSA) is 66.8 Å². The van der Waals surface area contributed by atoms with E-state index in [-0.39, 0.29) is 11.5 Å². The zero-order valence-corrected chi connectivity index (χ0v) is 13.9. The Kier molecular flexibility index (Phi) is 4.76. The summed E-state index contributed by atoms with van der Waals surface area (Å²) >= 11 is 0. The molecule has 0 radical (unpaired) electrons. The summed E-state index contributed by atoms with van der Waals surface area (Å²) in [4.78, 5) is 25.4. The third-order valence-corrected chi connectivity index (χ3v) is 3.72. The second-order valence-electron chi connectivity index (χ2n) is 7.61. The van der Waals surface area contributed by atoms with Crippen LogP contribution in [0.3, 0.4) is 0 Å². The molecule has 0 aromatic carbocycles. The number of hydrogen-bond acceptors (Lipinski definition) is 3. The molecule has 5 heteroatoms. The number of ether oxygens (including phenoxy) is 1. The van der Waals surface area contributed by atoms with Crippen molar-refractivity contribution in [2.75, 3.05) is 0 Å². The van der Waals surface area contributed by atoms with Crippen LogP contribution in [0.2, 0.25) is 0 Å². The van der Waals surface area contributed by atoms with Crippen LogP contribution >= 0.6 is 0 Å².